The molecule has 0 saturated carbocycles. The normalized spacial score (nSPS) is 10.7. The molecule has 0 aliphatic heterocycles. The summed E-state index contributed by atoms with van der Waals surface area (Å²) in [5.41, 5.74) is 0. The Morgan fingerprint density at radius 2 is 1.90 bits per heavy atom. The van der Waals surface area contributed by atoms with E-state index in [1.807, 2.05) is 0 Å². The van der Waals surface area contributed by atoms with Crippen LogP contribution in [-0.4, -0.2) is 4.89 Å². The van der Waals surface area contributed by atoms with E-state index in [0.717, 1.165) is 0 Å². The Kier molecular flexibility index (Phi) is 2.37. The molecule has 0 spiro atoms. The van der Waals surface area contributed by atoms with E-state index in [1.54, 1.807) is 30.3 Å². The van der Waals surface area contributed by atoms with Gasteiger partial charge in [0.2, 0.25) is 0 Å². The maximum absolute atomic E-state index is 10.1. The first-order valence-electron chi connectivity index (χ1n) is 2.68. The Morgan fingerprint density at radius 3 is 2.40 bits per heavy atom. The highest BCUT2D eigenvalue weighted by Crippen LogP contribution is 2.21. The first-order chi connectivity index (χ1) is 4.79. The molecule has 1 rings (SSSR count). The van der Waals surface area contributed by atoms with Crippen LogP contribution in [0, 0.1) is 0 Å². The minimum Gasteiger partial charge on any atom is -0.398 e. The molecule has 0 amide bonds. The molecule has 4 heteroatoms. The smallest absolute Gasteiger partial charge is 0.398 e. The molecule has 0 aliphatic carbocycles. The van der Waals surface area contributed by atoms with Crippen molar-refractivity contribution in [3.63, 3.8) is 0 Å². The van der Waals surface area contributed by atoms with Gasteiger partial charge in [-0.15, -0.1) is 0 Å². The summed E-state index contributed by atoms with van der Waals surface area (Å²) in [6, 6.07) is 8.49. The summed E-state index contributed by atoms with van der Waals surface area (Å²) in [5.74, 6) is 0.408. The minimum atomic E-state index is -2.53. The van der Waals surface area contributed by atoms with Gasteiger partial charge in [-0.2, -0.15) is 0 Å². The van der Waals surface area contributed by atoms with E-state index in [9.17, 15) is 4.57 Å². The molecule has 0 aromatic heterocycles. The number of hydrogen-bond acceptors (Lipinski definition) is 2. The fourth-order valence-corrected chi connectivity index (χ4v) is 0.874. The maximum atomic E-state index is 10.1. The van der Waals surface area contributed by atoms with Crippen LogP contribution in [-0.2, 0) is 4.57 Å². The zero-order valence-electron chi connectivity index (χ0n) is 5.10. The van der Waals surface area contributed by atoms with Crippen LogP contribution in [0.15, 0.2) is 30.3 Å². The first kappa shape index (κ1) is 7.19. The lowest BCUT2D eigenvalue weighted by molar-refractivity contribution is 0.410. The fraction of sp³-hybridized carbons (Fsp3) is 0. The molecule has 3 nitrogen and oxygen atoms in total. The van der Waals surface area contributed by atoms with Gasteiger partial charge in [-0.05, 0) is 12.1 Å². The van der Waals surface area contributed by atoms with Crippen molar-refractivity contribution in [2.24, 2.45) is 0 Å². The van der Waals surface area contributed by atoms with Crippen molar-refractivity contribution in [3.05, 3.63) is 30.3 Å². The lowest BCUT2D eigenvalue weighted by Crippen LogP contribution is -1.77. The summed E-state index contributed by atoms with van der Waals surface area (Å²) in [4.78, 5) is 8.29. The third kappa shape index (κ3) is 2.13. The fourth-order valence-electron chi connectivity index (χ4n) is 0.572. The highest BCUT2D eigenvalue weighted by molar-refractivity contribution is 7.32. The molecule has 53 valence electrons. The van der Waals surface area contributed by atoms with Crippen LogP contribution in [0.4, 0.5) is 0 Å². The van der Waals surface area contributed by atoms with E-state index >= 15 is 0 Å². The van der Waals surface area contributed by atoms with Crippen molar-refractivity contribution in [1.82, 2.24) is 0 Å². The Bertz CT molecular complexity index is 222. The maximum Gasteiger partial charge on any atom is 0.426 e. The summed E-state index contributed by atoms with van der Waals surface area (Å²) < 4.78 is 14.6. The van der Waals surface area contributed by atoms with E-state index in [0.29, 0.717) is 5.75 Å². The molecule has 0 heterocycles. The molecule has 1 N–H and O–H groups in total. The van der Waals surface area contributed by atoms with E-state index in [4.69, 9.17) is 4.89 Å². The molecule has 1 aromatic rings. The molecule has 0 fully saturated rings. The van der Waals surface area contributed by atoms with Gasteiger partial charge in [-0.3, -0.25) is 4.89 Å². The lowest BCUT2D eigenvalue weighted by atomic mass is 10.3. The van der Waals surface area contributed by atoms with Gasteiger partial charge in [-0.1, -0.05) is 18.2 Å². The van der Waals surface area contributed by atoms with Crippen LogP contribution in [0.5, 0.6) is 5.75 Å². The molecule has 0 aliphatic rings. The Labute approximate surface area is 59.2 Å². The predicted octanol–water partition coefficient (Wildman–Crippen LogP) is 1.72. The van der Waals surface area contributed by atoms with Gasteiger partial charge in [0.1, 0.15) is 5.75 Å². The molecular weight excluding hydrogens is 151 g/mol. The van der Waals surface area contributed by atoms with Crippen molar-refractivity contribution < 1.29 is 14.0 Å². The number of rotatable bonds is 2. The standard InChI is InChI=1S/C6H6O3P/c7-10(8)9-6-4-2-1-3-5-6/h1-5H,(H,7,8). The number of para-hydroxylation sites is 1. The average Bonchev–Trinajstić information content (AvgIpc) is 1.88. The monoisotopic (exact) mass is 157 g/mol. The Morgan fingerprint density at radius 1 is 1.30 bits per heavy atom. The minimum absolute atomic E-state index is 0.408. The zero-order valence-corrected chi connectivity index (χ0v) is 5.99. The Balaban J connectivity index is 2.67. The van der Waals surface area contributed by atoms with Gasteiger partial charge in [0.05, 0.1) is 0 Å². The largest absolute Gasteiger partial charge is 0.426 e. The lowest BCUT2D eigenvalue weighted by Gasteiger charge is -1.95. The van der Waals surface area contributed by atoms with Gasteiger partial charge in [0.15, 0.2) is 0 Å². The van der Waals surface area contributed by atoms with E-state index < -0.39 is 8.25 Å². The van der Waals surface area contributed by atoms with Gasteiger partial charge in [0, 0.05) is 0 Å². The first-order valence-corrected chi connectivity index (χ1v) is 3.81. The van der Waals surface area contributed by atoms with Crippen LogP contribution in [0.2, 0.25) is 0 Å². The van der Waals surface area contributed by atoms with E-state index in [2.05, 4.69) is 4.52 Å². The van der Waals surface area contributed by atoms with Crippen molar-refractivity contribution in [1.29, 1.82) is 0 Å². The summed E-state index contributed by atoms with van der Waals surface area (Å²) in [5, 5.41) is 0. The third-order valence-corrected chi connectivity index (χ3v) is 1.29. The average molecular weight is 157 g/mol. The molecule has 10 heavy (non-hydrogen) atoms. The molecular formula is C6H6O3P. The third-order valence-electron chi connectivity index (χ3n) is 0.927. The van der Waals surface area contributed by atoms with Gasteiger partial charge in [-0.25, -0.2) is 4.57 Å². The van der Waals surface area contributed by atoms with Crippen molar-refractivity contribution in [2.45, 2.75) is 0 Å². The topological polar surface area (TPSA) is 46.5 Å². The van der Waals surface area contributed by atoms with E-state index in [-0.39, 0.29) is 0 Å². The van der Waals surface area contributed by atoms with Gasteiger partial charge in [0.25, 0.3) is 0 Å². The summed E-state index contributed by atoms with van der Waals surface area (Å²) >= 11 is 0. The second-order valence-corrected chi connectivity index (χ2v) is 2.30. The van der Waals surface area contributed by atoms with Gasteiger partial charge < -0.3 is 4.52 Å². The van der Waals surface area contributed by atoms with Crippen molar-refractivity contribution >= 4 is 8.25 Å². The SMILES string of the molecule is O=[P](O)Oc1ccccc1. The van der Waals surface area contributed by atoms with Crippen molar-refractivity contribution in [3.8, 4) is 5.75 Å². The van der Waals surface area contributed by atoms with Crippen LogP contribution >= 0.6 is 8.25 Å². The molecule has 1 aromatic carbocycles. The summed E-state index contributed by atoms with van der Waals surface area (Å²) in [6.45, 7) is 0. The van der Waals surface area contributed by atoms with Crippen LogP contribution in [0.1, 0.15) is 0 Å². The quantitative estimate of drug-likeness (QED) is 0.664. The van der Waals surface area contributed by atoms with Crippen LogP contribution in [0.3, 0.4) is 0 Å². The molecule has 0 saturated heterocycles. The Hall–Kier alpha value is -0.920. The number of benzene rings is 1. The van der Waals surface area contributed by atoms with Crippen molar-refractivity contribution in [2.75, 3.05) is 0 Å². The van der Waals surface area contributed by atoms with Crippen LogP contribution in [0.25, 0.3) is 0 Å². The molecule has 1 radical (unpaired) electrons. The highest BCUT2D eigenvalue weighted by atomic mass is 31.1. The van der Waals surface area contributed by atoms with E-state index in [1.165, 1.54) is 0 Å². The number of hydrogen-bond donors (Lipinski definition) is 1. The zero-order chi connectivity index (χ0) is 7.40. The van der Waals surface area contributed by atoms with Crippen LogP contribution < -0.4 is 4.52 Å². The second kappa shape index (κ2) is 3.30. The molecule has 1 atom stereocenters. The highest BCUT2D eigenvalue weighted by Gasteiger charge is 1.94. The predicted molar refractivity (Wildman–Crippen MR) is 36.9 cm³/mol. The van der Waals surface area contributed by atoms with Gasteiger partial charge >= 0.3 is 8.25 Å². The summed E-state index contributed by atoms with van der Waals surface area (Å²) in [7, 11) is -2.53. The second-order valence-electron chi connectivity index (χ2n) is 1.64. The molecule has 0 bridgehead atoms. The molecule has 1 unspecified atom stereocenters. The summed E-state index contributed by atoms with van der Waals surface area (Å²) in [6.07, 6.45) is 0.